The lowest BCUT2D eigenvalue weighted by Gasteiger charge is -2.11. The molecule has 0 fully saturated rings. The molecule has 1 rings (SSSR count). The van der Waals surface area contributed by atoms with Crippen molar-refractivity contribution in [3.8, 4) is 0 Å². The molecule has 102 valence electrons. The Morgan fingerprint density at radius 3 is 2.56 bits per heavy atom. The van der Waals surface area contributed by atoms with Crippen LogP contribution in [0.3, 0.4) is 0 Å². The number of guanidine groups is 1. The molecule has 1 aromatic heterocycles. The van der Waals surface area contributed by atoms with Gasteiger partial charge in [0.25, 0.3) is 0 Å². The molecular weight excluding hydrogens is 228 g/mol. The minimum Gasteiger partial charge on any atom is -0.361 e. The smallest absolute Gasteiger partial charge is 0.191 e. The Kier molecular flexibility index (Phi) is 6.25. The summed E-state index contributed by atoms with van der Waals surface area (Å²) in [5.41, 5.74) is 2.20. The van der Waals surface area contributed by atoms with E-state index in [2.05, 4.69) is 41.6 Å². The van der Waals surface area contributed by atoms with Gasteiger partial charge >= 0.3 is 0 Å². The van der Waals surface area contributed by atoms with E-state index in [1.807, 2.05) is 0 Å². The van der Waals surface area contributed by atoms with Crippen molar-refractivity contribution in [2.45, 2.75) is 46.6 Å². The quantitative estimate of drug-likeness (QED) is 0.599. The van der Waals surface area contributed by atoms with Gasteiger partial charge in [-0.25, -0.2) is 0 Å². The molecule has 0 unspecified atom stereocenters. The Labute approximate surface area is 109 Å². The van der Waals surface area contributed by atoms with Crippen molar-refractivity contribution in [3.63, 3.8) is 0 Å². The molecule has 0 aromatic carbocycles. The first-order chi connectivity index (χ1) is 8.76. The van der Waals surface area contributed by atoms with Gasteiger partial charge in [-0.2, -0.15) is 0 Å². The van der Waals surface area contributed by atoms with Crippen LogP contribution >= 0.6 is 0 Å². The van der Waals surface area contributed by atoms with E-state index in [0.717, 1.165) is 43.2 Å². The number of nitrogens with zero attached hydrogens (tertiary/aromatic N) is 2. The standard InChI is InChI=1S/C13H24N4O/c1-5-8-15-13(14-4)16-9-10-11(6-2)17-18-12(10)7-3/h5-9H2,1-4H3,(H2,14,15,16). The third-order valence-corrected chi connectivity index (χ3v) is 2.81. The molecular formula is C13H24N4O. The molecule has 2 N–H and O–H groups in total. The van der Waals surface area contributed by atoms with Crippen molar-refractivity contribution >= 4 is 5.96 Å². The summed E-state index contributed by atoms with van der Waals surface area (Å²) in [7, 11) is 1.78. The third kappa shape index (κ3) is 3.75. The van der Waals surface area contributed by atoms with E-state index in [1.165, 1.54) is 5.56 Å². The Bertz CT molecular complexity index is 363. The van der Waals surface area contributed by atoms with Crippen LogP contribution in [-0.2, 0) is 19.4 Å². The second-order valence-electron chi connectivity index (χ2n) is 4.09. The van der Waals surface area contributed by atoms with Gasteiger partial charge < -0.3 is 15.2 Å². The molecule has 0 aliphatic heterocycles. The molecule has 1 aromatic rings. The minimum absolute atomic E-state index is 0.708. The average molecular weight is 252 g/mol. The number of rotatable bonds is 6. The molecule has 0 saturated carbocycles. The van der Waals surface area contributed by atoms with E-state index >= 15 is 0 Å². The van der Waals surface area contributed by atoms with E-state index in [1.54, 1.807) is 7.05 Å². The van der Waals surface area contributed by atoms with Crippen LogP contribution < -0.4 is 10.6 Å². The fraction of sp³-hybridized carbons (Fsp3) is 0.692. The predicted octanol–water partition coefficient (Wildman–Crippen LogP) is 1.87. The van der Waals surface area contributed by atoms with Crippen LogP contribution in [0.25, 0.3) is 0 Å². The molecule has 1 heterocycles. The summed E-state index contributed by atoms with van der Waals surface area (Å²) in [5, 5.41) is 10.6. The highest BCUT2D eigenvalue weighted by Gasteiger charge is 2.13. The lowest BCUT2D eigenvalue weighted by molar-refractivity contribution is 0.380. The maximum absolute atomic E-state index is 5.33. The summed E-state index contributed by atoms with van der Waals surface area (Å²) in [6.45, 7) is 7.92. The SMILES string of the molecule is CCCNC(=NC)NCc1c(CC)noc1CC. The molecule has 0 saturated heterocycles. The van der Waals surface area contributed by atoms with Gasteiger partial charge in [-0.1, -0.05) is 25.9 Å². The largest absolute Gasteiger partial charge is 0.361 e. The zero-order chi connectivity index (χ0) is 13.4. The lowest BCUT2D eigenvalue weighted by Crippen LogP contribution is -2.37. The summed E-state index contributed by atoms with van der Waals surface area (Å²) in [5.74, 6) is 1.78. The van der Waals surface area contributed by atoms with Gasteiger partial charge in [-0.15, -0.1) is 0 Å². The lowest BCUT2D eigenvalue weighted by atomic mass is 10.1. The van der Waals surface area contributed by atoms with Gasteiger partial charge in [0, 0.05) is 32.1 Å². The van der Waals surface area contributed by atoms with Gasteiger partial charge in [0.1, 0.15) is 5.76 Å². The van der Waals surface area contributed by atoms with Crippen LogP contribution in [0.4, 0.5) is 0 Å². The van der Waals surface area contributed by atoms with Crippen LogP contribution in [0.15, 0.2) is 9.52 Å². The molecule has 0 amide bonds. The van der Waals surface area contributed by atoms with Crippen molar-refractivity contribution in [2.75, 3.05) is 13.6 Å². The topological polar surface area (TPSA) is 62.5 Å². The maximum atomic E-state index is 5.33. The van der Waals surface area contributed by atoms with E-state index in [0.29, 0.717) is 6.54 Å². The van der Waals surface area contributed by atoms with Crippen LogP contribution in [0, 0.1) is 0 Å². The van der Waals surface area contributed by atoms with Crippen molar-refractivity contribution in [2.24, 2.45) is 4.99 Å². The Hall–Kier alpha value is -1.52. The first-order valence-electron chi connectivity index (χ1n) is 6.67. The van der Waals surface area contributed by atoms with Gasteiger partial charge in [0.15, 0.2) is 5.96 Å². The highest BCUT2D eigenvalue weighted by Crippen LogP contribution is 2.15. The molecule has 0 radical (unpaired) electrons. The Balaban J connectivity index is 2.63. The Morgan fingerprint density at radius 2 is 2.00 bits per heavy atom. The van der Waals surface area contributed by atoms with Gasteiger partial charge in [0.05, 0.1) is 5.69 Å². The average Bonchev–Trinajstić information content (AvgIpc) is 2.81. The van der Waals surface area contributed by atoms with Crippen molar-refractivity contribution in [1.29, 1.82) is 0 Å². The van der Waals surface area contributed by atoms with E-state index in [9.17, 15) is 0 Å². The highest BCUT2D eigenvalue weighted by molar-refractivity contribution is 5.79. The number of nitrogens with one attached hydrogen (secondary N) is 2. The van der Waals surface area contributed by atoms with Crippen molar-refractivity contribution < 1.29 is 4.52 Å². The summed E-state index contributed by atoms with van der Waals surface area (Å²) >= 11 is 0. The van der Waals surface area contributed by atoms with Crippen LogP contribution in [0.1, 0.15) is 44.2 Å². The van der Waals surface area contributed by atoms with E-state index in [-0.39, 0.29) is 0 Å². The first-order valence-corrected chi connectivity index (χ1v) is 6.67. The summed E-state index contributed by atoms with van der Waals surface area (Å²) in [6.07, 6.45) is 2.83. The van der Waals surface area contributed by atoms with Crippen LogP contribution in [0.5, 0.6) is 0 Å². The predicted molar refractivity (Wildman–Crippen MR) is 73.8 cm³/mol. The van der Waals surface area contributed by atoms with Gasteiger partial charge in [0.2, 0.25) is 0 Å². The number of aryl methyl sites for hydroxylation is 2. The fourth-order valence-corrected chi connectivity index (χ4v) is 1.77. The molecule has 18 heavy (non-hydrogen) atoms. The fourth-order valence-electron chi connectivity index (χ4n) is 1.77. The first kappa shape index (κ1) is 14.5. The monoisotopic (exact) mass is 252 g/mol. The number of hydrogen-bond acceptors (Lipinski definition) is 3. The van der Waals surface area contributed by atoms with Crippen molar-refractivity contribution in [3.05, 3.63) is 17.0 Å². The normalized spacial score (nSPS) is 11.7. The molecule has 0 spiro atoms. The summed E-state index contributed by atoms with van der Waals surface area (Å²) < 4.78 is 5.33. The van der Waals surface area contributed by atoms with E-state index < -0.39 is 0 Å². The van der Waals surface area contributed by atoms with Gasteiger partial charge in [-0.3, -0.25) is 4.99 Å². The number of aromatic nitrogens is 1. The second-order valence-corrected chi connectivity index (χ2v) is 4.09. The number of hydrogen-bond donors (Lipinski definition) is 2. The zero-order valence-corrected chi connectivity index (χ0v) is 11.8. The summed E-state index contributed by atoms with van der Waals surface area (Å²) in [6, 6.07) is 0. The van der Waals surface area contributed by atoms with Crippen molar-refractivity contribution in [1.82, 2.24) is 15.8 Å². The summed E-state index contributed by atoms with van der Waals surface area (Å²) in [4.78, 5) is 4.18. The Morgan fingerprint density at radius 1 is 1.22 bits per heavy atom. The zero-order valence-electron chi connectivity index (χ0n) is 11.8. The molecule has 5 nitrogen and oxygen atoms in total. The molecule has 5 heteroatoms. The highest BCUT2D eigenvalue weighted by atomic mass is 16.5. The molecule has 0 aliphatic carbocycles. The molecule has 0 atom stereocenters. The van der Waals surface area contributed by atoms with Crippen LogP contribution in [0.2, 0.25) is 0 Å². The maximum Gasteiger partial charge on any atom is 0.191 e. The van der Waals surface area contributed by atoms with Crippen LogP contribution in [-0.4, -0.2) is 24.7 Å². The third-order valence-electron chi connectivity index (χ3n) is 2.81. The van der Waals surface area contributed by atoms with Gasteiger partial charge in [-0.05, 0) is 12.8 Å². The number of aliphatic imine (C=N–C) groups is 1. The second kappa shape index (κ2) is 7.74. The molecule has 0 aliphatic rings. The molecule has 0 bridgehead atoms. The minimum atomic E-state index is 0.708. The van der Waals surface area contributed by atoms with E-state index in [4.69, 9.17) is 4.52 Å².